The molecule has 2 aliphatic rings. The predicted molar refractivity (Wildman–Crippen MR) is 129 cm³/mol. The van der Waals surface area contributed by atoms with E-state index in [-0.39, 0.29) is 46.1 Å². The zero-order valence-electron chi connectivity index (χ0n) is 21.0. The van der Waals surface area contributed by atoms with Crippen LogP contribution in [0.4, 0.5) is 35.0 Å². The molecule has 2 fully saturated rings. The van der Waals surface area contributed by atoms with Gasteiger partial charge >= 0.3 is 6.18 Å². The molecule has 3 heterocycles. The highest BCUT2D eigenvalue weighted by atomic mass is 19.4. The first kappa shape index (κ1) is 25.3. The van der Waals surface area contributed by atoms with E-state index in [0.29, 0.717) is 28.8 Å². The molecule has 0 amide bonds. The van der Waals surface area contributed by atoms with Crippen LogP contribution in [-0.4, -0.2) is 41.3 Å². The summed E-state index contributed by atoms with van der Waals surface area (Å²) in [5.74, 6) is -2.19. The second kappa shape index (κ2) is 8.61. The van der Waals surface area contributed by atoms with E-state index in [1.54, 1.807) is 12.1 Å². The van der Waals surface area contributed by atoms with Gasteiger partial charge < -0.3 is 16.4 Å². The molecule has 37 heavy (non-hydrogen) atoms. The van der Waals surface area contributed by atoms with Crippen LogP contribution in [0.1, 0.15) is 82.3 Å². The molecule has 1 aliphatic carbocycles. The molecule has 1 saturated heterocycles. The summed E-state index contributed by atoms with van der Waals surface area (Å²) in [5.41, 5.74) is 6.96. The van der Waals surface area contributed by atoms with E-state index in [4.69, 9.17) is 5.73 Å². The number of nitrogens with two attached hydrogens (primary N) is 1. The fourth-order valence-electron chi connectivity index (χ4n) is 5.52. The fourth-order valence-corrected chi connectivity index (χ4v) is 5.52. The lowest BCUT2D eigenvalue weighted by atomic mass is 9.74. The summed E-state index contributed by atoms with van der Waals surface area (Å²) in [5, 5.41) is 16.6. The van der Waals surface area contributed by atoms with E-state index in [1.807, 2.05) is 0 Å². The minimum absolute atomic E-state index is 0.0564. The Bertz CT molecular complexity index is 1310. The van der Waals surface area contributed by atoms with Crippen molar-refractivity contribution in [3.8, 4) is 5.69 Å². The van der Waals surface area contributed by atoms with Gasteiger partial charge in [0.05, 0.1) is 11.4 Å². The summed E-state index contributed by atoms with van der Waals surface area (Å²) >= 11 is 0. The Labute approximate surface area is 211 Å². The van der Waals surface area contributed by atoms with Crippen molar-refractivity contribution in [2.24, 2.45) is 0 Å². The standard InChI is InChI=1S/C24H29F4N9/c1-22(2)10-13(11-23(3,4)34-22)18-17(25)19(29)32-21(31-18)30-14-7-8-15(12-5-6-12)16(9-14)37-20(24(26,27)28)33-35-36-37/h7-9,12-13,34H,5-6,10-11H2,1-4H3,(H3,29,30,31,32). The van der Waals surface area contributed by atoms with Gasteiger partial charge in [-0.1, -0.05) is 6.07 Å². The number of rotatable bonds is 5. The number of nitrogens with one attached hydrogen (secondary N) is 2. The van der Waals surface area contributed by atoms with E-state index in [0.717, 1.165) is 12.8 Å². The number of hydrogen-bond donors (Lipinski definition) is 3. The van der Waals surface area contributed by atoms with E-state index in [2.05, 4.69) is 63.8 Å². The molecule has 1 saturated carbocycles. The Hall–Kier alpha value is -3.35. The summed E-state index contributed by atoms with van der Waals surface area (Å²) in [7, 11) is 0. The highest BCUT2D eigenvalue weighted by molar-refractivity contribution is 5.62. The van der Waals surface area contributed by atoms with Crippen molar-refractivity contribution in [3.05, 3.63) is 41.1 Å². The molecule has 1 aliphatic heterocycles. The van der Waals surface area contributed by atoms with Crippen molar-refractivity contribution in [2.45, 2.75) is 82.5 Å². The number of halogens is 4. The first-order valence-corrected chi connectivity index (χ1v) is 12.1. The number of nitrogen functional groups attached to an aromatic ring is 1. The van der Waals surface area contributed by atoms with Crippen molar-refractivity contribution in [2.75, 3.05) is 11.1 Å². The van der Waals surface area contributed by atoms with Crippen LogP contribution in [0.3, 0.4) is 0 Å². The van der Waals surface area contributed by atoms with Gasteiger partial charge in [0.15, 0.2) is 11.6 Å². The van der Waals surface area contributed by atoms with Crippen molar-refractivity contribution >= 4 is 17.5 Å². The number of anilines is 3. The van der Waals surface area contributed by atoms with Gasteiger partial charge in [-0.3, -0.25) is 0 Å². The number of nitrogens with zero attached hydrogens (tertiary/aromatic N) is 6. The first-order valence-electron chi connectivity index (χ1n) is 12.1. The van der Waals surface area contributed by atoms with E-state index in [1.165, 1.54) is 6.07 Å². The van der Waals surface area contributed by atoms with Gasteiger partial charge in [0, 0.05) is 22.7 Å². The average molecular weight is 520 g/mol. The summed E-state index contributed by atoms with van der Waals surface area (Å²) in [6, 6.07) is 4.97. The minimum Gasteiger partial charge on any atom is -0.381 e. The predicted octanol–water partition coefficient (Wildman–Crippen LogP) is 4.84. The summed E-state index contributed by atoms with van der Waals surface area (Å²) in [4.78, 5) is 8.52. The smallest absolute Gasteiger partial charge is 0.381 e. The molecule has 5 rings (SSSR count). The number of piperidine rings is 1. The number of tetrazole rings is 1. The Balaban J connectivity index is 1.51. The lowest BCUT2D eigenvalue weighted by molar-refractivity contribution is -0.146. The molecule has 0 bridgehead atoms. The molecular weight excluding hydrogens is 490 g/mol. The molecule has 4 N–H and O–H groups in total. The summed E-state index contributed by atoms with van der Waals surface area (Å²) in [6.45, 7) is 8.22. The van der Waals surface area contributed by atoms with Crippen molar-refractivity contribution < 1.29 is 17.6 Å². The molecule has 1 aromatic carbocycles. The lowest BCUT2D eigenvalue weighted by Crippen LogP contribution is -2.57. The molecule has 2 aromatic heterocycles. The fraction of sp³-hybridized carbons (Fsp3) is 0.542. The second-order valence-electron chi connectivity index (χ2n) is 11.2. The van der Waals surface area contributed by atoms with Gasteiger partial charge in [-0.05, 0) is 87.4 Å². The maximum Gasteiger partial charge on any atom is 0.453 e. The lowest BCUT2D eigenvalue weighted by Gasteiger charge is -2.46. The molecule has 0 spiro atoms. The molecular formula is C24H29F4N9. The van der Waals surface area contributed by atoms with Gasteiger partial charge in [0.2, 0.25) is 5.95 Å². The maximum absolute atomic E-state index is 15.1. The second-order valence-corrected chi connectivity index (χ2v) is 11.2. The minimum atomic E-state index is -4.73. The Morgan fingerprint density at radius 1 is 1.05 bits per heavy atom. The molecule has 9 nitrogen and oxygen atoms in total. The monoisotopic (exact) mass is 519 g/mol. The number of aromatic nitrogens is 6. The summed E-state index contributed by atoms with van der Waals surface area (Å²) < 4.78 is 56.4. The van der Waals surface area contributed by atoms with Crippen molar-refractivity contribution in [1.29, 1.82) is 0 Å². The van der Waals surface area contributed by atoms with Crippen LogP contribution in [0, 0.1) is 5.82 Å². The number of benzene rings is 1. The molecule has 198 valence electrons. The molecule has 0 atom stereocenters. The van der Waals surface area contributed by atoms with Gasteiger partial charge in [0.25, 0.3) is 5.82 Å². The maximum atomic E-state index is 15.1. The average Bonchev–Trinajstić information content (AvgIpc) is 3.47. The Morgan fingerprint density at radius 2 is 1.73 bits per heavy atom. The van der Waals surface area contributed by atoms with Crippen LogP contribution in [0.2, 0.25) is 0 Å². The zero-order valence-corrected chi connectivity index (χ0v) is 21.0. The van der Waals surface area contributed by atoms with Gasteiger partial charge in [-0.25, -0.2) is 9.37 Å². The first-order chi connectivity index (χ1) is 17.2. The zero-order chi connectivity index (χ0) is 26.8. The highest BCUT2D eigenvalue weighted by Gasteiger charge is 2.41. The molecule has 3 aromatic rings. The van der Waals surface area contributed by atoms with E-state index < -0.39 is 17.8 Å². The Kier molecular flexibility index (Phi) is 5.89. The number of hydrogen-bond acceptors (Lipinski definition) is 8. The van der Waals surface area contributed by atoms with Crippen LogP contribution < -0.4 is 16.4 Å². The van der Waals surface area contributed by atoms with Gasteiger partial charge in [-0.2, -0.15) is 22.8 Å². The molecule has 0 radical (unpaired) electrons. The number of alkyl halides is 3. The quantitative estimate of drug-likeness (QED) is 0.410. The van der Waals surface area contributed by atoms with E-state index >= 15 is 4.39 Å². The van der Waals surface area contributed by atoms with Crippen molar-refractivity contribution in [3.63, 3.8) is 0 Å². The van der Waals surface area contributed by atoms with Crippen LogP contribution >= 0.6 is 0 Å². The third-order valence-corrected chi connectivity index (χ3v) is 6.73. The third-order valence-electron chi connectivity index (χ3n) is 6.73. The largest absolute Gasteiger partial charge is 0.453 e. The van der Waals surface area contributed by atoms with Crippen LogP contribution in [-0.2, 0) is 6.18 Å². The van der Waals surface area contributed by atoms with E-state index in [9.17, 15) is 13.2 Å². The van der Waals surface area contributed by atoms with Crippen LogP contribution in [0.15, 0.2) is 18.2 Å². The van der Waals surface area contributed by atoms with Crippen molar-refractivity contribution in [1.82, 2.24) is 35.5 Å². The normalized spacial score (nSPS) is 19.7. The van der Waals surface area contributed by atoms with Crippen LogP contribution in [0.5, 0.6) is 0 Å². The van der Waals surface area contributed by atoms with Crippen LogP contribution in [0.25, 0.3) is 5.69 Å². The SMILES string of the molecule is CC1(C)CC(c2nc(Nc3ccc(C4CC4)c(-n4nnnc4C(F)(F)F)c3)nc(N)c2F)CC(C)(C)N1. The third kappa shape index (κ3) is 5.22. The summed E-state index contributed by atoms with van der Waals surface area (Å²) in [6.07, 6.45) is -1.71. The van der Waals surface area contributed by atoms with Gasteiger partial charge in [0.1, 0.15) is 0 Å². The van der Waals surface area contributed by atoms with Gasteiger partial charge in [-0.15, -0.1) is 5.10 Å². The highest BCUT2D eigenvalue weighted by Crippen LogP contribution is 2.44. The topological polar surface area (TPSA) is 119 Å². The Morgan fingerprint density at radius 3 is 2.35 bits per heavy atom. The molecule has 13 heteroatoms. The molecule has 0 unspecified atom stereocenters.